The van der Waals surface area contributed by atoms with Crippen LogP contribution in [-0.2, 0) is 17.8 Å². The van der Waals surface area contributed by atoms with Crippen molar-refractivity contribution in [3.8, 4) is 11.4 Å². The number of fused-ring (bicyclic) bond motifs is 1. The molecule has 6 heteroatoms. The summed E-state index contributed by atoms with van der Waals surface area (Å²) in [6.07, 6.45) is 3.53. The number of hydrogen-bond donors (Lipinski definition) is 1. The largest absolute Gasteiger partial charge is 0.379 e. The molecule has 4 aromatic rings. The van der Waals surface area contributed by atoms with Crippen LogP contribution in [-0.4, -0.2) is 46.2 Å². The lowest BCUT2D eigenvalue weighted by Gasteiger charge is -2.27. The van der Waals surface area contributed by atoms with Gasteiger partial charge in [-0.2, -0.15) is 0 Å². The first kappa shape index (κ1) is 19.6. The van der Waals surface area contributed by atoms with Gasteiger partial charge in [-0.3, -0.25) is 9.88 Å². The van der Waals surface area contributed by atoms with Crippen molar-refractivity contribution in [1.29, 1.82) is 0 Å². The number of benzene rings is 2. The van der Waals surface area contributed by atoms with Crippen LogP contribution < -0.4 is 5.32 Å². The molecule has 0 radical (unpaired) electrons. The van der Waals surface area contributed by atoms with Gasteiger partial charge in [0, 0.05) is 49.5 Å². The smallest absolute Gasteiger partial charge is 0.162 e. The predicted molar refractivity (Wildman–Crippen MR) is 123 cm³/mol. The molecule has 1 aliphatic heterocycles. The molecule has 1 N–H and O–H groups in total. The Morgan fingerprint density at radius 1 is 0.839 bits per heavy atom. The minimum Gasteiger partial charge on any atom is -0.379 e. The summed E-state index contributed by atoms with van der Waals surface area (Å²) in [6, 6.07) is 20.6. The number of nitrogens with zero attached hydrogens (tertiary/aromatic N) is 4. The summed E-state index contributed by atoms with van der Waals surface area (Å²) in [6.45, 7) is 5.22. The van der Waals surface area contributed by atoms with E-state index in [-0.39, 0.29) is 0 Å². The number of morpholine rings is 1. The van der Waals surface area contributed by atoms with E-state index in [1.165, 1.54) is 11.1 Å². The van der Waals surface area contributed by atoms with E-state index >= 15 is 0 Å². The second-order valence-electron chi connectivity index (χ2n) is 7.66. The van der Waals surface area contributed by atoms with E-state index in [0.717, 1.165) is 55.1 Å². The number of anilines is 1. The first-order valence-electron chi connectivity index (χ1n) is 10.6. The molecule has 0 unspecified atom stereocenters. The van der Waals surface area contributed by atoms with Gasteiger partial charge in [-0.05, 0) is 35.4 Å². The van der Waals surface area contributed by atoms with Crippen LogP contribution in [0.4, 0.5) is 5.82 Å². The van der Waals surface area contributed by atoms with Crippen LogP contribution in [0.15, 0.2) is 73.1 Å². The zero-order chi connectivity index (χ0) is 20.9. The summed E-state index contributed by atoms with van der Waals surface area (Å²) in [5.41, 5.74) is 4.50. The minimum atomic E-state index is 0.699. The molecule has 5 rings (SSSR count). The molecule has 0 aliphatic carbocycles. The Kier molecular flexibility index (Phi) is 5.82. The van der Waals surface area contributed by atoms with Crippen molar-refractivity contribution < 1.29 is 4.74 Å². The van der Waals surface area contributed by atoms with E-state index in [0.29, 0.717) is 12.4 Å². The molecule has 2 aromatic heterocycles. The normalized spacial score (nSPS) is 14.6. The molecule has 31 heavy (non-hydrogen) atoms. The number of aromatic nitrogens is 3. The molecule has 0 saturated carbocycles. The molecule has 156 valence electrons. The molecular weight excluding hydrogens is 386 g/mol. The third kappa shape index (κ3) is 4.55. The van der Waals surface area contributed by atoms with Crippen molar-refractivity contribution >= 4 is 16.7 Å². The van der Waals surface area contributed by atoms with Gasteiger partial charge < -0.3 is 10.1 Å². The van der Waals surface area contributed by atoms with Crippen molar-refractivity contribution in [2.24, 2.45) is 0 Å². The molecule has 3 heterocycles. The third-order valence-electron chi connectivity index (χ3n) is 5.60. The van der Waals surface area contributed by atoms with Gasteiger partial charge in [0.15, 0.2) is 5.82 Å². The van der Waals surface area contributed by atoms with Crippen LogP contribution in [0.5, 0.6) is 0 Å². The van der Waals surface area contributed by atoms with Crippen LogP contribution >= 0.6 is 0 Å². The average molecular weight is 412 g/mol. The predicted octanol–water partition coefficient (Wildman–Crippen LogP) is 4.14. The molecule has 1 saturated heterocycles. The van der Waals surface area contributed by atoms with Crippen LogP contribution in [0.2, 0.25) is 0 Å². The van der Waals surface area contributed by atoms with Gasteiger partial charge in [0.25, 0.3) is 0 Å². The van der Waals surface area contributed by atoms with Crippen molar-refractivity contribution in [3.63, 3.8) is 0 Å². The summed E-state index contributed by atoms with van der Waals surface area (Å²) >= 11 is 0. The number of ether oxygens (including phenoxy) is 1. The molecule has 0 atom stereocenters. The van der Waals surface area contributed by atoms with Gasteiger partial charge in [-0.1, -0.05) is 36.4 Å². The lowest BCUT2D eigenvalue weighted by molar-refractivity contribution is 0.0341. The van der Waals surface area contributed by atoms with E-state index in [1.807, 2.05) is 30.3 Å². The molecular formula is C25H25N5O. The Hall–Kier alpha value is -3.35. The maximum atomic E-state index is 5.49. The first-order chi connectivity index (χ1) is 15.4. The average Bonchev–Trinajstić information content (AvgIpc) is 2.84. The van der Waals surface area contributed by atoms with Crippen LogP contribution in [0.3, 0.4) is 0 Å². The molecule has 1 aliphatic rings. The summed E-state index contributed by atoms with van der Waals surface area (Å²) in [4.78, 5) is 16.2. The van der Waals surface area contributed by atoms with Crippen LogP contribution in [0, 0.1) is 0 Å². The van der Waals surface area contributed by atoms with Gasteiger partial charge in [0.2, 0.25) is 0 Å². The summed E-state index contributed by atoms with van der Waals surface area (Å²) < 4.78 is 5.49. The van der Waals surface area contributed by atoms with Gasteiger partial charge in [-0.15, -0.1) is 0 Å². The summed E-state index contributed by atoms with van der Waals surface area (Å²) in [7, 11) is 0. The van der Waals surface area contributed by atoms with Gasteiger partial charge in [0.05, 0.1) is 18.7 Å². The van der Waals surface area contributed by atoms with E-state index < -0.39 is 0 Å². The maximum Gasteiger partial charge on any atom is 0.162 e. The minimum absolute atomic E-state index is 0.699. The Morgan fingerprint density at radius 3 is 2.42 bits per heavy atom. The molecule has 0 amide bonds. The summed E-state index contributed by atoms with van der Waals surface area (Å²) in [5.74, 6) is 1.55. The van der Waals surface area contributed by atoms with E-state index in [9.17, 15) is 0 Å². The number of hydrogen-bond acceptors (Lipinski definition) is 6. The third-order valence-corrected chi connectivity index (χ3v) is 5.60. The SMILES string of the molecule is c1ccc(CN2CCOCC2)c(CNc2nc(-c3ccncc3)nc3ccccc23)c1. The highest BCUT2D eigenvalue weighted by molar-refractivity contribution is 5.90. The molecule has 0 spiro atoms. The van der Waals surface area contributed by atoms with E-state index in [1.54, 1.807) is 12.4 Å². The number of nitrogens with one attached hydrogen (secondary N) is 1. The van der Waals surface area contributed by atoms with Crippen molar-refractivity contribution in [1.82, 2.24) is 19.9 Å². The fourth-order valence-electron chi connectivity index (χ4n) is 3.90. The first-order valence-corrected chi connectivity index (χ1v) is 10.6. The Morgan fingerprint density at radius 2 is 1.58 bits per heavy atom. The topological polar surface area (TPSA) is 63.2 Å². The Balaban J connectivity index is 1.42. The van der Waals surface area contributed by atoms with Gasteiger partial charge in [0.1, 0.15) is 5.82 Å². The fraction of sp³-hybridized carbons (Fsp3) is 0.240. The highest BCUT2D eigenvalue weighted by Gasteiger charge is 2.14. The van der Waals surface area contributed by atoms with Crippen molar-refractivity contribution in [2.45, 2.75) is 13.1 Å². The number of rotatable bonds is 6. The fourth-order valence-corrected chi connectivity index (χ4v) is 3.90. The van der Waals surface area contributed by atoms with Crippen molar-refractivity contribution in [2.75, 3.05) is 31.6 Å². The lowest BCUT2D eigenvalue weighted by Crippen LogP contribution is -2.35. The van der Waals surface area contributed by atoms with Crippen LogP contribution in [0.1, 0.15) is 11.1 Å². The second-order valence-corrected chi connectivity index (χ2v) is 7.66. The molecule has 1 fully saturated rings. The molecule has 6 nitrogen and oxygen atoms in total. The quantitative estimate of drug-likeness (QED) is 0.515. The zero-order valence-corrected chi connectivity index (χ0v) is 17.4. The van der Waals surface area contributed by atoms with E-state index in [2.05, 4.69) is 45.5 Å². The number of pyridine rings is 1. The molecule has 2 aromatic carbocycles. The molecule has 0 bridgehead atoms. The van der Waals surface area contributed by atoms with Gasteiger partial charge >= 0.3 is 0 Å². The highest BCUT2D eigenvalue weighted by atomic mass is 16.5. The van der Waals surface area contributed by atoms with Gasteiger partial charge in [-0.25, -0.2) is 9.97 Å². The summed E-state index contributed by atoms with van der Waals surface area (Å²) in [5, 5.41) is 4.60. The Labute approximate surface area is 181 Å². The Bertz CT molecular complexity index is 1160. The zero-order valence-electron chi connectivity index (χ0n) is 17.4. The van der Waals surface area contributed by atoms with E-state index in [4.69, 9.17) is 14.7 Å². The monoisotopic (exact) mass is 411 g/mol. The highest BCUT2D eigenvalue weighted by Crippen LogP contribution is 2.25. The number of para-hydroxylation sites is 1. The lowest BCUT2D eigenvalue weighted by atomic mass is 10.1. The standard InChI is InChI=1S/C25H25N5O/c1-2-6-21(18-30-13-15-31-16-14-30)20(5-1)17-27-25-22-7-3-4-8-23(22)28-24(29-25)19-9-11-26-12-10-19/h1-12H,13-18H2,(H,27,28,29). The second kappa shape index (κ2) is 9.20. The maximum absolute atomic E-state index is 5.49. The van der Waals surface area contributed by atoms with Crippen LogP contribution in [0.25, 0.3) is 22.3 Å². The van der Waals surface area contributed by atoms with Crippen molar-refractivity contribution in [3.05, 3.63) is 84.2 Å².